The predicted molar refractivity (Wildman–Crippen MR) is 148 cm³/mol. The highest BCUT2D eigenvalue weighted by atomic mass is 127. The summed E-state index contributed by atoms with van der Waals surface area (Å²) in [6.07, 6.45) is 2.50. The largest absolute Gasteiger partial charge is 0.378 e. The van der Waals surface area contributed by atoms with Crippen LogP contribution in [-0.4, -0.2) is 62.8 Å². The van der Waals surface area contributed by atoms with Crippen LogP contribution in [-0.2, 0) is 17.8 Å². The Kier molecular flexibility index (Phi) is 10.8. The maximum atomic E-state index is 5.52. The van der Waals surface area contributed by atoms with Crippen LogP contribution in [0.3, 0.4) is 0 Å². The normalized spacial score (nSPS) is 19.2. The molecular formula is C26H38IN5O. The Hall–Kier alpha value is -1.84. The highest BCUT2D eigenvalue weighted by Gasteiger charge is 2.24. The van der Waals surface area contributed by atoms with Gasteiger partial charge in [0.1, 0.15) is 0 Å². The quantitative estimate of drug-likeness (QED) is 0.291. The van der Waals surface area contributed by atoms with Crippen molar-refractivity contribution in [1.29, 1.82) is 0 Å². The molecule has 4 rings (SSSR count). The van der Waals surface area contributed by atoms with Crippen molar-refractivity contribution in [2.45, 2.75) is 38.9 Å². The number of anilines is 1. The van der Waals surface area contributed by atoms with Crippen molar-refractivity contribution in [2.75, 3.05) is 50.8 Å². The van der Waals surface area contributed by atoms with E-state index in [4.69, 9.17) is 9.73 Å². The Morgan fingerprint density at radius 1 is 1.00 bits per heavy atom. The zero-order valence-electron chi connectivity index (χ0n) is 19.7. The van der Waals surface area contributed by atoms with Gasteiger partial charge in [0.05, 0.1) is 19.8 Å². The van der Waals surface area contributed by atoms with Crippen molar-refractivity contribution in [2.24, 2.45) is 4.99 Å². The number of guanidine groups is 1. The number of ether oxygens (including phenoxy) is 1. The number of morpholine rings is 1. The van der Waals surface area contributed by atoms with E-state index in [-0.39, 0.29) is 24.0 Å². The first-order valence-corrected chi connectivity index (χ1v) is 12.0. The number of likely N-dealkylation sites (tertiary alicyclic amines) is 1. The minimum Gasteiger partial charge on any atom is -0.378 e. The van der Waals surface area contributed by atoms with Crippen LogP contribution < -0.4 is 15.5 Å². The number of nitrogens with zero attached hydrogens (tertiary/aromatic N) is 3. The monoisotopic (exact) mass is 563 g/mol. The second kappa shape index (κ2) is 13.8. The third-order valence-corrected chi connectivity index (χ3v) is 6.33. The molecule has 1 unspecified atom stereocenters. The van der Waals surface area contributed by atoms with E-state index in [0.29, 0.717) is 12.6 Å². The van der Waals surface area contributed by atoms with Gasteiger partial charge in [-0.05, 0) is 43.5 Å². The summed E-state index contributed by atoms with van der Waals surface area (Å²) in [5.41, 5.74) is 3.93. The lowest BCUT2D eigenvalue weighted by Gasteiger charge is -2.30. The molecule has 2 aliphatic heterocycles. The number of para-hydroxylation sites is 1. The Morgan fingerprint density at radius 2 is 1.76 bits per heavy atom. The molecule has 0 amide bonds. The molecule has 2 heterocycles. The number of benzene rings is 2. The lowest BCUT2D eigenvalue weighted by molar-refractivity contribution is 0.122. The molecule has 33 heavy (non-hydrogen) atoms. The van der Waals surface area contributed by atoms with Gasteiger partial charge >= 0.3 is 0 Å². The summed E-state index contributed by atoms with van der Waals surface area (Å²) in [4.78, 5) is 9.94. The highest BCUT2D eigenvalue weighted by molar-refractivity contribution is 14.0. The van der Waals surface area contributed by atoms with Crippen LogP contribution in [0, 0.1) is 0 Å². The van der Waals surface area contributed by atoms with Crippen LogP contribution >= 0.6 is 24.0 Å². The third kappa shape index (κ3) is 7.58. The smallest absolute Gasteiger partial charge is 0.191 e. The van der Waals surface area contributed by atoms with Gasteiger partial charge in [0, 0.05) is 44.5 Å². The summed E-state index contributed by atoms with van der Waals surface area (Å²) in [5.74, 6) is 0.899. The van der Waals surface area contributed by atoms with Gasteiger partial charge in [-0.2, -0.15) is 0 Å². The molecule has 0 aromatic heterocycles. The molecule has 7 heteroatoms. The molecule has 2 aromatic rings. The van der Waals surface area contributed by atoms with Gasteiger partial charge in [0.2, 0.25) is 0 Å². The highest BCUT2D eigenvalue weighted by Crippen LogP contribution is 2.22. The molecule has 180 valence electrons. The summed E-state index contributed by atoms with van der Waals surface area (Å²) in [6.45, 7) is 10.2. The average Bonchev–Trinajstić information content (AvgIpc) is 3.29. The molecule has 2 aromatic carbocycles. The first-order valence-electron chi connectivity index (χ1n) is 12.0. The minimum atomic E-state index is 0. The predicted octanol–water partition coefficient (Wildman–Crippen LogP) is 3.86. The van der Waals surface area contributed by atoms with Gasteiger partial charge in [-0.15, -0.1) is 24.0 Å². The van der Waals surface area contributed by atoms with Gasteiger partial charge in [0.15, 0.2) is 5.96 Å². The molecular weight excluding hydrogens is 525 g/mol. The molecule has 0 aliphatic carbocycles. The summed E-state index contributed by atoms with van der Waals surface area (Å²) < 4.78 is 5.52. The SMILES string of the molecule is CCNC(=NCc1ccccc1N1CCOCC1)NCC1CCCN1Cc1ccccc1.I. The van der Waals surface area contributed by atoms with Crippen LogP contribution in [0.5, 0.6) is 0 Å². The van der Waals surface area contributed by atoms with Gasteiger partial charge in [-0.1, -0.05) is 48.5 Å². The summed E-state index contributed by atoms with van der Waals surface area (Å²) in [5, 5.41) is 7.04. The third-order valence-electron chi connectivity index (χ3n) is 6.33. The van der Waals surface area contributed by atoms with E-state index in [1.54, 1.807) is 0 Å². The maximum Gasteiger partial charge on any atom is 0.191 e. The topological polar surface area (TPSA) is 52.1 Å². The summed E-state index contributed by atoms with van der Waals surface area (Å²) in [6, 6.07) is 19.9. The molecule has 2 aliphatic rings. The second-order valence-corrected chi connectivity index (χ2v) is 8.56. The summed E-state index contributed by atoms with van der Waals surface area (Å²) in [7, 11) is 0. The molecule has 1 atom stereocenters. The fraction of sp³-hybridized carbons (Fsp3) is 0.500. The zero-order chi connectivity index (χ0) is 22.0. The molecule has 0 saturated carbocycles. The van der Waals surface area contributed by atoms with E-state index in [1.807, 2.05) is 0 Å². The van der Waals surface area contributed by atoms with E-state index in [9.17, 15) is 0 Å². The lowest BCUT2D eigenvalue weighted by Crippen LogP contribution is -2.44. The lowest BCUT2D eigenvalue weighted by atomic mass is 10.1. The van der Waals surface area contributed by atoms with Crippen LogP contribution in [0.1, 0.15) is 30.9 Å². The molecule has 2 fully saturated rings. The number of hydrogen-bond acceptors (Lipinski definition) is 4. The zero-order valence-corrected chi connectivity index (χ0v) is 22.0. The maximum absolute atomic E-state index is 5.52. The fourth-order valence-electron chi connectivity index (χ4n) is 4.63. The van der Waals surface area contributed by atoms with E-state index >= 15 is 0 Å². The molecule has 6 nitrogen and oxygen atoms in total. The van der Waals surface area contributed by atoms with Crippen LogP contribution in [0.2, 0.25) is 0 Å². The number of nitrogens with one attached hydrogen (secondary N) is 2. The second-order valence-electron chi connectivity index (χ2n) is 8.56. The number of halogens is 1. The molecule has 0 radical (unpaired) electrons. The van der Waals surface area contributed by atoms with Crippen molar-refractivity contribution in [3.63, 3.8) is 0 Å². The van der Waals surface area contributed by atoms with Crippen molar-refractivity contribution >= 4 is 35.6 Å². The van der Waals surface area contributed by atoms with Gasteiger partial charge in [-0.25, -0.2) is 4.99 Å². The number of rotatable bonds is 8. The van der Waals surface area contributed by atoms with Crippen molar-refractivity contribution < 1.29 is 4.74 Å². The Labute approximate surface area is 215 Å². The van der Waals surface area contributed by atoms with Crippen LogP contribution in [0.25, 0.3) is 0 Å². The van der Waals surface area contributed by atoms with E-state index in [0.717, 1.165) is 51.9 Å². The van der Waals surface area contributed by atoms with E-state index in [2.05, 4.69) is 82.0 Å². The molecule has 2 saturated heterocycles. The Bertz CT molecular complexity index is 857. The molecule has 0 bridgehead atoms. The van der Waals surface area contributed by atoms with Crippen LogP contribution in [0.15, 0.2) is 59.6 Å². The van der Waals surface area contributed by atoms with Crippen molar-refractivity contribution in [3.05, 3.63) is 65.7 Å². The van der Waals surface area contributed by atoms with Gasteiger partial charge < -0.3 is 20.3 Å². The van der Waals surface area contributed by atoms with Gasteiger partial charge in [0.25, 0.3) is 0 Å². The molecule has 2 N–H and O–H groups in total. The first kappa shape index (κ1) is 25.8. The fourth-order valence-corrected chi connectivity index (χ4v) is 4.63. The standard InChI is InChI=1S/C26H37N5O.HI/c1-2-27-26(28-19-23-11-6-7-13-25(23)30-15-17-32-18-16-30)29-20-24-12-8-14-31(24)21-22-9-4-3-5-10-22;/h3-7,9-11,13,24H,2,8,12,14-21H2,1H3,(H2,27,28,29);1H. The minimum absolute atomic E-state index is 0. The van der Waals surface area contributed by atoms with E-state index < -0.39 is 0 Å². The van der Waals surface area contributed by atoms with Crippen molar-refractivity contribution in [1.82, 2.24) is 15.5 Å². The van der Waals surface area contributed by atoms with Crippen molar-refractivity contribution in [3.8, 4) is 0 Å². The number of hydrogen-bond donors (Lipinski definition) is 2. The van der Waals surface area contributed by atoms with Gasteiger partial charge in [-0.3, -0.25) is 4.90 Å². The van der Waals surface area contributed by atoms with Crippen LogP contribution in [0.4, 0.5) is 5.69 Å². The Morgan fingerprint density at radius 3 is 2.55 bits per heavy atom. The summed E-state index contributed by atoms with van der Waals surface area (Å²) >= 11 is 0. The average molecular weight is 564 g/mol. The Balaban J connectivity index is 0.00000306. The number of aliphatic imine (C=N–C) groups is 1. The molecule has 0 spiro atoms. The first-order chi connectivity index (χ1) is 15.8. The van der Waals surface area contributed by atoms with E-state index in [1.165, 1.54) is 36.2 Å².